The Morgan fingerprint density at radius 2 is 1.72 bits per heavy atom. The van der Waals surface area contributed by atoms with Crippen molar-refractivity contribution in [3.05, 3.63) is 95.6 Å². The highest BCUT2D eigenvalue weighted by Gasteiger charge is 2.49. The van der Waals surface area contributed by atoms with Crippen LogP contribution in [-0.2, 0) is 10.0 Å². The predicted octanol–water partition coefficient (Wildman–Crippen LogP) is 5.77. The van der Waals surface area contributed by atoms with E-state index in [1.165, 1.54) is 10.2 Å². The molecule has 3 nitrogen and oxygen atoms in total. The second kappa shape index (κ2) is 7.46. The van der Waals surface area contributed by atoms with Crippen molar-refractivity contribution in [2.75, 3.05) is 0 Å². The monoisotopic (exact) mass is 431 g/mol. The Morgan fingerprint density at radius 3 is 2.45 bits per heavy atom. The molecule has 1 heterocycles. The molecule has 1 aromatic heterocycles. The molecule has 7 heteroatoms. The Hall–Kier alpha value is -2.38. The molecule has 1 aliphatic rings. The van der Waals surface area contributed by atoms with Gasteiger partial charge in [-0.1, -0.05) is 78.5 Å². The number of allylic oxidation sites excluding steroid dienone is 3. The van der Waals surface area contributed by atoms with Crippen molar-refractivity contribution in [2.24, 2.45) is 0 Å². The molecular weight excluding hydrogens is 412 g/mol. The Balaban J connectivity index is 1.91. The van der Waals surface area contributed by atoms with Gasteiger partial charge in [0.1, 0.15) is 4.75 Å². The lowest BCUT2D eigenvalue weighted by molar-refractivity contribution is 0.252. The SMILES string of the molecule is CC1(S(=O)(=O)n2ccc3ccccc32)C=CC=C(SC(F)F)C1c1ccccc1. The number of hydrogen-bond acceptors (Lipinski definition) is 3. The van der Waals surface area contributed by atoms with Gasteiger partial charge in [0.25, 0.3) is 5.76 Å². The number of benzene rings is 2. The van der Waals surface area contributed by atoms with Crippen molar-refractivity contribution in [3.63, 3.8) is 0 Å². The molecule has 0 saturated carbocycles. The molecule has 4 rings (SSSR count). The Morgan fingerprint density at radius 1 is 1.03 bits per heavy atom. The molecule has 0 radical (unpaired) electrons. The summed E-state index contributed by atoms with van der Waals surface area (Å²) in [4.78, 5) is 0.330. The molecule has 2 atom stereocenters. The second-order valence-electron chi connectivity index (χ2n) is 7.01. The highest BCUT2D eigenvalue weighted by Crippen LogP contribution is 2.49. The smallest absolute Gasteiger partial charge is 0.244 e. The van der Waals surface area contributed by atoms with E-state index >= 15 is 0 Å². The first kappa shape index (κ1) is 19.9. The van der Waals surface area contributed by atoms with E-state index in [0.717, 1.165) is 5.39 Å². The Bertz CT molecular complexity index is 1200. The number of alkyl halides is 2. The summed E-state index contributed by atoms with van der Waals surface area (Å²) >= 11 is 0.400. The normalized spacial score (nSPS) is 22.2. The van der Waals surface area contributed by atoms with Crippen LogP contribution >= 0.6 is 11.8 Å². The highest BCUT2D eigenvalue weighted by molar-refractivity contribution is 8.03. The van der Waals surface area contributed by atoms with Crippen molar-refractivity contribution in [1.29, 1.82) is 0 Å². The van der Waals surface area contributed by atoms with Gasteiger partial charge in [0.15, 0.2) is 0 Å². The lowest BCUT2D eigenvalue weighted by Crippen LogP contribution is -2.44. The van der Waals surface area contributed by atoms with Gasteiger partial charge in [-0.2, -0.15) is 8.78 Å². The van der Waals surface area contributed by atoms with Gasteiger partial charge in [-0.05, 0) is 29.5 Å². The highest BCUT2D eigenvalue weighted by atomic mass is 32.2. The molecule has 0 saturated heterocycles. The maximum absolute atomic E-state index is 13.9. The predicted molar refractivity (Wildman–Crippen MR) is 115 cm³/mol. The van der Waals surface area contributed by atoms with Crippen molar-refractivity contribution < 1.29 is 17.2 Å². The van der Waals surface area contributed by atoms with Crippen molar-refractivity contribution in [2.45, 2.75) is 23.3 Å². The molecule has 0 bridgehead atoms. The van der Waals surface area contributed by atoms with Gasteiger partial charge in [-0.3, -0.25) is 0 Å². The molecule has 2 unspecified atom stereocenters. The van der Waals surface area contributed by atoms with E-state index in [4.69, 9.17) is 0 Å². The number of para-hydroxylation sites is 1. The summed E-state index contributed by atoms with van der Waals surface area (Å²) in [6.07, 6.45) is 6.27. The fourth-order valence-electron chi connectivity index (χ4n) is 3.87. The molecule has 0 spiro atoms. The summed E-state index contributed by atoms with van der Waals surface area (Å²) in [5, 5.41) is 0.799. The van der Waals surface area contributed by atoms with Crippen molar-refractivity contribution >= 4 is 32.7 Å². The largest absolute Gasteiger partial charge is 0.288 e. The number of halogens is 2. The molecule has 29 heavy (non-hydrogen) atoms. The summed E-state index contributed by atoms with van der Waals surface area (Å²) < 4.78 is 54.2. The lowest BCUT2D eigenvalue weighted by Gasteiger charge is -2.38. The van der Waals surface area contributed by atoms with Gasteiger partial charge < -0.3 is 0 Å². The average molecular weight is 432 g/mol. The first-order valence-corrected chi connectivity index (χ1v) is 11.4. The zero-order valence-electron chi connectivity index (χ0n) is 15.6. The Kier molecular flexibility index (Phi) is 5.12. The maximum atomic E-state index is 13.9. The van der Waals surface area contributed by atoms with E-state index in [-0.39, 0.29) is 0 Å². The van der Waals surface area contributed by atoms with Gasteiger partial charge in [0.2, 0.25) is 10.0 Å². The van der Waals surface area contributed by atoms with E-state index in [0.29, 0.717) is 27.7 Å². The molecule has 3 aromatic rings. The van der Waals surface area contributed by atoms with E-state index in [2.05, 4.69) is 0 Å². The molecule has 0 fully saturated rings. The summed E-state index contributed by atoms with van der Waals surface area (Å²) in [7, 11) is -3.98. The summed E-state index contributed by atoms with van der Waals surface area (Å²) in [6, 6.07) is 17.9. The zero-order chi connectivity index (χ0) is 20.6. The second-order valence-corrected chi connectivity index (χ2v) is 10.3. The molecular formula is C22H19F2NO2S2. The van der Waals surface area contributed by atoms with Crippen LogP contribution in [0.25, 0.3) is 10.9 Å². The van der Waals surface area contributed by atoms with Gasteiger partial charge >= 0.3 is 0 Å². The van der Waals surface area contributed by atoms with Gasteiger partial charge in [-0.15, -0.1) is 0 Å². The maximum Gasteiger partial charge on any atom is 0.288 e. The average Bonchev–Trinajstić information content (AvgIpc) is 3.13. The third-order valence-corrected chi connectivity index (χ3v) is 8.42. The topological polar surface area (TPSA) is 39.1 Å². The fraction of sp³-hybridized carbons (Fsp3) is 0.182. The summed E-state index contributed by atoms with van der Waals surface area (Å²) in [6.45, 7) is 1.60. The third-order valence-electron chi connectivity index (χ3n) is 5.28. The number of aromatic nitrogens is 1. The van der Waals surface area contributed by atoms with Crippen LogP contribution < -0.4 is 0 Å². The molecule has 0 aliphatic heterocycles. The number of nitrogens with zero attached hydrogens (tertiary/aromatic N) is 1. The van der Waals surface area contributed by atoms with Crippen LogP contribution in [0.5, 0.6) is 0 Å². The van der Waals surface area contributed by atoms with Crippen LogP contribution in [0.1, 0.15) is 18.4 Å². The molecule has 2 aromatic carbocycles. The molecule has 150 valence electrons. The van der Waals surface area contributed by atoms with Crippen molar-refractivity contribution in [3.8, 4) is 0 Å². The van der Waals surface area contributed by atoms with E-state index in [1.54, 1.807) is 67.6 Å². The van der Waals surface area contributed by atoms with Crippen LogP contribution in [-0.4, -0.2) is 22.9 Å². The fourth-order valence-corrected chi connectivity index (χ4v) is 6.71. The zero-order valence-corrected chi connectivity index (χ0v) is 17.2. The van der Waals surface area contributed by atoms with Gasteiger partial charge in [0, 0.05) is 17.5 Å². The van der Waals surface area contributed by atoms with Crippen LogP contribution in [0.4, 0.5) is 8.78 Å². The summed E-state index contributed by atoms with van der Waals surface area (Å²) in [5.74, 6) is -3.39. The van der Waals surface area contributed by atoms with Crippen molar-refractivity contribution in [1.82, 2.24) is 3.97 Å². The van der Waals surface area contributed by atoms with Crippen LogP contribution in [0.15, 0.2) is 90.0 Å². The van der Waals surface area contributed by atoms with Crippen LogP contribution in [0.2, 0.25) is 0 Å². The van der Waals surface area contributed by atoms with E-state index in [9.17, 15) is 17.2 Å². The Labute approximate surface area is 172 Å². The number of fused-ring (bicyclic) bond motifs is 1. The van der Waals surface area contributed by atoms with E-state index in [1.807, 2.05) is 18.2 Å². The number of hydrogen-bond donors (Lipinski definition) is 0. The van der Waals surface area contributed by atoms with Crippen LogP contribution in [0, 0.1) is 0 Å². The molecule has 0 N–H and O–H groups in total. The standard InChI is InChI=1S/C22H19F2NO2S2/c1-22(29(26,27)25-15-13-16-8-5-6-11-18(16)25)14-7-12-19(28-21(23)24)20(22)17-9-3-2-4-10-17/h2-15,20-21H,1H3. The van der Waals surface area contributed by atoms with Crippen LogP contribution in [0.3, 0.4) is 0 Å². The minimum absolute atomic E-state index is 0.330. The van der Waals surface area contributed by atoms with Gasteiger partial charge in [-0.25, -0.2) is 12.4 Å². The quantitative estimate of drug-likeness (QED) is 0.515. The summed E-state index contributed by atoms with van der Waals surface area (Å²) in [5.41, 5.74) is 1.24. The third kappa shape index (κ3) is 3.32. The first-order valence-electron chi connectivity index (χ1n) is 9.05. The minimum atomic E-state index is -3.98. The number of rotatable bonds is 5. The van der Waals surface area contributed by atoms with E-state index < -0.39 is 26.4 Å². The minimum Gasteiger partial charge on any atom is -0.244 e. The number of thioether (sulfide) groups is 1. The van der Waals surface area contributed by atoms with Gasteiger partial charge in [0.05, 0.1) is 5.52 Å². The molecule has 0 amide bonds. The first-order chi connectivity index (χ1) is 13.8. The molecule has 1 aliphatic carbocycles. The lowest BCUT2D eigenvalue weighted by atomic mass is 9.83.